The normalized spacial score (nSPS) is 10.5. The van der Waals surface area contributed by atoms with Gasteiger partial charge in [0.1, 0.15) is 12.0 Å². The zero-order valence-electron chi connectivity index (χ0n) is 11.2. The van der Waals surface area contributed by atoms with Gasteiger partial charge in [-0.1, -0.05) is 17.8 Å². The Hall–Kier alpha value is -2.09. The topological polar surface area (TPSA) is 85.9 Å². The van der Waals surface area contributed by atoms with Crippen molar-refractivity contribution in [1.82, 2.24) is 14.8 Å². The molecular weight excluding hydrogens is 278 g/mol. The summed E-state index contributed by atoms with van der Waals surface area (Å²) in [5, 5.41) is 22.6. The van der Waals surface area contributed by atoms with Crippen molar-refractivity contribution in [1.29, 1.82) is 0 Å². The Morgan fingerprint density at radius 3 is 2.90 bits per heavy atom. The van der Waals surface area contributed by atoms with Crippen LogP contribution in [0.3, 0.4) is 0 Å². The zero-order chi connectivity index (χ0) is 14.5. The lowest BCUT2D eigenvalue weighted by atomic mass is 10.2. The molecular formula is C12H15N5O2S. The summed E-state index contributed by atoms with van der Waals surface area (Å²) in [6.45, 7) is 2.55. The highest BCUT2D eigenvalue weighted by Crippen LogP contribution is 2.28. The van der Waals surface area contributed by atoms with Gasteiger partial charge in [-0.15, -0.1) is 10.2 Å². The minimum atomic E-state index is -0.377. The average Bonchev–Trinajstić information content (AvgIpc) is 2.82. The molecule has 2 rings (SSSR count). The number of aromatic nitrogens is 3. The standard InChI is InChI=1S/C12H15N5O2S/c1-3-13-10-6-9(4-5-11(10)17(18)19)7-20-12-15-14-8-16(12)2/h4-6,8,13H,3,7H2,1-2H3. The van der Waals surface area contributed by atoms with Crippen LogP contribution in [0.2, 0.25) is 0 Å². The summed E-state index contributed by atoms with van der Waals surface area (Å²) in [6, 6.07) is 5.11. The molecule has 0 amide bonds. The molecule has 0 aliphatic heterocycles. The Bertz CT molecular complexity index is 614. The number of anilines is 1. The summed E-state index contributed by atoms with van der Waals surface area (Å²) < 4.78 is 1.83. The van der Waals surface area contributed by atoms with Crippen LogP contribution in [0.5, 0.6) is 0 Å². The highest BCUT2D eigenvalue weighted by molar-refractivity contribution is 7.98. The van der Waals surface area contributed by atoms with Gasteiger partial charge in [-0.25, -0.2) is 0 Å². The summed E-state index contributed by atoms with van der Waals surface area (Å²) in [5.41, 5.74) is 1.65. The number of rotatable bonds is 6. The number of aryl methyl sites for hydroxylation is 1. The Morgan fingerprint density at radius 1 is 1.50 bits per heavy atom. The second-order valence-corrected chi connectivity index (χ2v) is 5.09. The summed E-state index contributed by atoms with van der Waals surface area (Å²) in [4.78, 5) is 10.6. The lowest BCUT2D eigenvalue weighted by Crippen LogP contribution is -2.02. The maximum absolute atomic E-state index is 10.9. The Labute approximate surface area is 120 Å². The van der Waals surface area contributed by atoms with E-state index in [4.69, 9.17) is 0 Å². The van der Waals surface area contributed by atoms with Gasteiger partial charge in [-0.05, 0) is 18.6 Å². The van der Waals surface area contributed by atoms with Crippen LogP contribution in [-0.2, 0) is 12.8 Å². The lowest BCUT2D eigenvalue weighted by molar-refractivity contribution is -0.384. The minimum absolute atomic E-state index is 0.0965. The molecule has 1 heterocycles. The van der Waals surface area contributed by atoms with E-state index in [1.807, 2.05) is 24.6 Å². The Morgan fingerprint density at radius 2 is 2.30 bits per heavy atom. The Balaban J connectivity index is 2.14. The average molecular weight is 293 g/mol. The van der Waals surface area contributed by atoms with Gasteiger partial charge >= 0.3 is 0 Å². The van der Waals surface area contributed by atoms with Crippen molar-refractivity contribution in [3.8, 4) is 0 Å². The molecule has 0 aliphatic carbocycles. The van der Waals surface area contributed by atoms with Gasteiger partial charge in [-0.3, -0.25) is 10.1 Å². The molecule has 0 fully saturated rings. The van der Waals surface area contributed by atoms with E-state index < -0.39 is 0 Å². The van der Waals surface area contributed by atoms with Crippen LogP contribution in [0.1, 0.15) is 12.5 Å². The summed E-state index contributed by atoms with van der Waals surface area (Å²) in [7, 11) is 1.88. The van der Waals surface area contributed by atoms with Crippen molar-refractivity contribution in [2.75, 3.05) is 11.9 Å². The van der Waals surface area contributed by atoms with Crippen molar-refractivity contribution in [2.24, 2.45) is 7.05 Å². The number of thioether (sulfide) groups is 1. The number of benzene rings is 1. The second kappa shape index (κ2) is 6.38. The van der Waals surface area contributed by atoms with Gasteiger partial charge in [-0.2, -0.15) is 0 Å². The number of hydrogen-bond donors (Lipinski definition) is 1. The van der Waals surface area contributed by atoms with Crippen LogP contribution in [0.25, 0.3) is 0 Å². The molecule has 0 spiro atoms. The fourth-order valence-electron chi connectivity index (χ4n) is 1.72. The van der Waals surface area contributed by atoms with Crippen LogP contribution < -0.4 is 5.32 Å². The molecule has 2 aromatic rings. The van der Waals surface area contributed by atoms with E-state index in [9.17, 15) is 10.1 Å². The molecule has 1 aromatic carbocycles. The van der Waals surface area contributed by atoms with Crippen molar-refractivity contribution in [3.63, 3.8) is 0 Å². The van der Waals surface area contributed by atoms with E-state index in [0.717, 1.165) is 10.7 Å². The van der Waals surface area contributed by atoms with E-state index in [1.165, 1.54) is 17.8 Å². The number of nitrogens with one attached hydrogen (secondary N) is 1. The maximum Gasteiger partial charge on any atom is 0.292 e. The van der Waals surface area contributed by atoms with Gasteiger partial charge in [0.15, 0.2) is 5.16 Å². The summed E-state index contributed by atoms with van der Waals surface area (Å²) in [6.07, 6.45) is 1.64. The number of nitrogens with zero attached hydrogens (tertiary/aromatic N) is 4. The number of nitro groups is 1. The van der Waals surface area contributed by atoms with Gasteiger partial charge in [0.2, 0.25) is 0 Å². The van der Waals surface area contributed by atoms with Crippen molar-refractivity contribution >= 4 is 23.1 Å². The molecule has 20 heavy (non-hydrogen) atoms. The van der Waals surface area contributed by atoms with Crippen LogP contribution in [-0.4, -0.2) is 26.2 Å². The molecule has 106 valence electrons. The first-order valence-electron chi connectivity index (χ1n) is 6.09. The minimum Gasteiger partial charge on any atom is -0.380 e. The van der Waals surface area contributed by atoms with Crippen LogP contribution in [0.4, 0.5) is 11.4 Å². The van der Waals surface area contributed by atoms with Crippen molar-refractivity contribution in [2.45, 2.75) is 17.8 Å². The SMILES string of the molecule is CCNc1cc(CSc2nncn2C)ccc1[N+](=O)[O-]. The molecule has 0 unspecified atom stereocenters. The third kappa shape index (κ3) is 3.27. The monoisotopic (exact) mass is 293 g/mol. The predicted octanol–water partition coefficient (Wildman–Crippen LogP) is 2.45. The molecule has 1 aromatic heterocycles. The first kappa shape index (κ1) is 14.3. The molecule has 0 atom stereocenters. The van der Waals surface area contributed by atoms with Crippen LogP contribution in [0.15, 0.2) is 29.7 Å². The summed E-state index contributed by atoms with van der Waals surface area (Å²) in [5.74, 6) is 0.683. The van der Waals surface area contributed by atoms with E-state index in [2.05, 4.69) is 15.5 Å². The highest BCUT2D eigenvalue weighted by atomic mass is 32.2. The van der Waals surface area contributed by atoms with Crippen molar-refractivity contribution < 1.29 is 4.92 Å². The first-order chi connectivity index (χ1) is 9.61. The third-order valence-electron chi connectivity index (χ3n) is 2.66. The summed E-state index contributed by atoms with van der Waals surface area (Å²) >= 11 is 1.54. The molecule has 7 nitrogen and oxygen atoms in total. The fourth-order valence-corrected chi connectivity index (χ4v) is 2.55. The Kier molecular flexibility index (Phi) is 4.57. The fraction of sp³-hybridized carbons (Fsp3) is 0.333. The van der Waals surface area contributed by atoms with E-state index in [0.29, 0.717) is 18.0 Å². The van der Waals surface area contributed by atoms with Gasteiger partial charge < -0.3 is 9.88 Å². The zero-order valence-corrected chi connectivity index (χ0v) is 12.1. The molecule has 0 radical (unpaired) electrons. The first-order valence-corrected chi connectivity index (χ1v) is 7.08. The van der Waals surface area contributed by atoms with Gasteiger partial charge in [0, 0.05) is 25.4 Å². The van der Waals surface area contributed by atoms with Crippen molar-refractivity contribution in [3.05, 3.63) is 40.2 Å². The predicted molar refractivity (Wildman–Crippen MR) is 77.8 cm³/mol. The lowest BCUT2D eigenvalue weighted by Gasteiger charge is -2.07. The number of nitro benzene ring substituents is 1. The van der Waals surface area contributed by atoms with E-state index >= 15 is 0 Å². The molecule has 0 bridgehead atoms. The van der Waals surface area contributed by atoms with Crippen LogP contribution >= 0.6 is 11.8 Å². The molecule has 8 heteroatoms. The van der Waals surface area contributed by atoms with Crippen LogP contribution in [0, 0.1) is 10.1 Å². The van der Waals surface area contributed by atoms with Gasteiger partial charge in [0.05, 0.1) is 4.92 Å². The molecule has 0 saturated carbocycles. The quantitative estimate of drug-likeness (QED) is 0.500. The second-order valence-electron chi connectivity index (χ2n) is 4.15. The molecule has 0 saturated heterocycles. The third-order valence-corrected chi connectivity index (χ3v) is 3.77. The highest BCUT2D eigenvalue weighted by Gasteiger charge is 2.13. The van der Waals surface area contributed by atoms with Gasteiger partial charge in [0.25, 0.3) is 5.69 Å². The van der Waals surface area contributed by atoms with E-state index in [-0.39, 0.29) is 10.6 Å². The molecule has 0 aliphatic rings. The largest absolute Gasteiger partial charge is 0.380 e. The molecule has 1 N–H and O–H groups in total. The number of hydrogen-bond acceptors (Lipinski definition) is 6. The smallest absolute Gasteiger partial charge is 0.292 e. The maximum atomic E-state index is 10.9. The van der Waals surface area contributed by atoms with E-state index in [1.54, 1.807) is 12.4 Å².